The quantitative estimate of drug-likeness (QED) is 0.168. The average molecular weight is 586 g/mol. The number of allylic oxidation sites excluding steroid dienone is 4. The fourth-order valence-corrected chi connectivity index (χ4v) is 4.59. The molecule has 224 valence electrons. The number of nitrogens with zero attached hydrogens (tertiary/aromatic N) is 2. The molecule has 0 amide bonds. The first-order valence-electron chi connectivity index (χ1n) is 14.3. The van der Waals surface area contributed by atoms with E-state index in [1.54, 1.807) is 18.5 Å². The van der Waals surface area contributed by atoms with Crippen molar-refractivity contribution in [3.8, 4) is 11.6 Å². The summed E-state index contributed by atoms with van der Waals surface area (Å²) >= 11 is 0. The van der Waals surface area contributed by atoms with Gasteiger partial charge in [-0.25, -0.2) is 4.98 Å². The van der Waals surface area contributed by atoms with Gasteiger partial charge in [0.15, 0.2) is 0 Å². The molecule has 4 nitrogen and oxygen atoms in total. The predicted molar refractivity (Wildman–Crippen MR) is 168 cm³/mol. The second kappa shape index (κ2) is 16.2. The van der Waals surface area contributed by atoms with Gasteiger partial charge in [0, 0.05) is 36.5 Å². The molecule has 43 heavy (non-hydrogen) atoms. The van der Waals surface area contributed by atoms with Gasteiger partial charge in [0.2, 0.25) is 5.88 Å². The van der Waals surface area contributed by atoms with Crippen molar-refractivity contribution < 1.29 is 17.9 Å². The molecule has 0 fully saturated rings. The number of alkyl halides is 3. The van der Waals surface area contributed by atoms with E-state index < -0.39 is 17.3 Å². The Morgan fingerprint density at radius 3 is 2.14 bits per heavy atom. The second-order valence-electron chi connectivity index (χ2n) is 9.45. The third-order valence-corrected chi connectivity index (χ3v) is 6.69. The summed E-state index contributed by atoms with van der Waals surface area (Å²) in [5.74, 6) is 1.13. The van der Waals surface area contributed by atoms with Gasteiger partial charge < -0.3 is 4.74 Å². The number of nitrogens with one attached hydrogen (secondary N) is 1. The molecule has 4 aromatic rings. The van der Waals surface area contributed by atoms with Crippen molar-refractivity contribution >= 4 is 0 Å². The second-order valence-corrected chi connectivity index (χ2v) is 9.45. The lowest BCUT2D eigenvalue weighted by Crippen LogP contribution is -2.46. The van der Waals surface area contributed by atoms with Gasteiger partial charge >= 0.3 is 6.18 Å². The van der Waals surface area contributed by atoms with Gasteiger partial charge in [-0.1, -0.05) is 106 Å². The number of para-hydroxylation sites is 1. The molecule has 0 bridgehead atoms. The van der Waals surface area contributed by atoms with Gasteiger partial charge in [-0.05, 0) is 47.9 Å². The molecule has 7 heteroatoms. The third kappa shape index (κ3) is 9.25. The van der Waals surface area contributed by atoms with Crippen LogP contribution in [0.5, 0.6) is 11.6 Å². The highest BCUT2D eigenvalue weighted by atomic mass is 19.4. The van der Waals surface area contributed by atoms with Crippen LogP contribution in [0.4, 0.5) is 13.2 Å². The van der Waals surface area contributed by atoms with E-state index in [0.29, 0.717) is 31.0 Å². The van der Waals surface area contributed by atoms with E-state index >= 15 is 0 Å². The van der Waals surface area contributed by atoms with E-state index in [0.717, 1.165) is 28.5 Å². The number of aromatic nitrogens is 2. The summed E-state index contributed by atoms with van der Waals surface area (Å²) in [5, 5.41) is 3.73. The van der Waals surface area contributed by atoms with Crippen molar-refractivity contribution in [1.82, 2.24) is 15.3 Å². The first kappa shape index (κ1) is 33.0. The molecule has 0 aliphatic rings. The minimum atomic E-state index is -4.49. The summed E-state index contributed by atoms with van der Waals surface area (Å²) in [6, 6.07) is 28.8. The fourth-order valence-electron chi connectivity index (χ4n) is 4.59. The van der Waals surface area contributed by atoms with Crippen LogP contribution in [0.25, 0.3) is 0 Å². The van der Waals surface area contributed by atoms with Crippen LogP contribution in [0.1, 0.15) is 44.0 Å². The Morgan fingerprint density at radius 2 is 1.51 bits per heavy atom. The predicted octanol–water partition coefficient (Wildman–Crippen LogP) is 9.53. The molecule has 1 N–H and O–H groups in total. The summed E-state index contributed by atoms with van der Waals surface area (Å²) in [5.41, 5.74) is 1.69. The number of halogens is 3. The normalized spacial score (nSPS) is 13.1. The summed E-state index contributed by atoms with van der Waals surface area (Å²) in [6.45, 7) is 9.51. The highest BCUT2D eigenvalue weighted by molar-refractivity contribution is 5.39. The third-order valence-electron chi connectivity index (χ3n) is 6.69. The average Bonchev–Trinajstić information content (AvgIpc) is 3.04. The van der Waals surface area contributed by atoms with Crippen LogP contribution in [0.3, 0.4) is 0 Å². The lowest BCUT2D eigenvalue weighted by Gasteiger charge is -2.37. The summed E-state index contributed by atoms with van der Waals surface area (Å²) < 4.78 is 45.5. The molecular weight excluding hydrogens is 547 g/mol. The molecule has 0 saturated carbocycles. The van der Waals surface area contributed by atoms with Crippen molar-refractivity contribution in [2.75, 3.05) is 0 Å². The van der Waals surface area contributed by atoms with Crippen LogP contribution in [-0.2, 0) is 18.5 Å². The minimum absolute atomic E-state index is 0.357. The zero-order valence-electron chi connectivity index (χ0n) is 24.8. The Kier molecular flexibility index (Phi) is 12.5. The number of hydrogen-bond acceptors (Lipinski definition) is 4. The Balaban J connectivity index is 0.00000248. The molecule has 0 aliphatic carbocycles. The zero-order valence-corrected chi connectivity index (χ0v) is 24.8. The maximum absolute atomic E-state index is 13.1. The maximum atomic E-state index is 13.1. The lowest BCUT2D eigenvalue weighted by molar-refractivity contribution is -0.0878. The Bertz CT molecular complexity index is 1470. The summed E-state index contributed by atoms with van der Waals surface area (Å²) in [7, 11) is 0. The number of benzene rings is 2. The molecule has 0 radical (unpaired) electrons. The maximum Gasteiger partial charge on any atom is 0.415 e. The van der Waals surface area contributed by atoms with E-state index in [9.17, 15) is 13.2 Å². The molecule has 1 atom stereocenters. The van der Waals surface area contributed by atoms with Gasteiger partial charge in [0.25, 0.3) is 0 Å². The van der Waals surface area contributed by atoms with Crippen LogP contribution in [0, 0.1) is 0 Å². The molecule has 0 saturated heterocycles. The summed E-state index contributed by atoms with van der Waals surface area (Å²) in [4.78, 5) is 9.20. The molecule has 0 spiro atoms. The van der Waals surface area contributed by atoms with Crippen LogP contribution in [-0.4, -0.2) is 16.1 Å². The van der Waals surface area contributed by atoms with Crippen LogP contribution < -0.4 is 10.1 Å². The fraction of sp³-hybridized carbons (Fsp3) is 0.222. The Labute approximate surface area is 252 Å². The number of rotatable bonds is 12. The number of ether oxygens (including phenoxy) is 1. The SMILES string of the molecule is C=C(/C=C\C=C(/CC)C(Cc1ccccc1)(NCc1cccnc1Oc1ccccc1)c1ccccn1)C(F)(F)F.CC. The van der Waals surface area contributed by atoms with E-state index in [2.05, 4.69) is 16.9 Å². The van der Waals surface area contributed by atoms with Crippen molar-refractivity contribution in [2.45, 2.75) is 51.9 Å². The standard InChI is InChI=1S/C34H32F3N3O.C2H6/c1-3-29(18-12-14-26(2)34(35,36)37)33(31-21-10-11-22-38-31,24-27-15-6-4-7-16-27)40-25-28-17-13-23-39-32(28)41-30-19-8-5-9-20-30;1-2/h4-23,40H,2-3,24-25H2,1H3;1-2H3/b14-12-,29-18+;. The molecule has 2 aromatic carbocycles. The van der Waals surface area contributed by atoms with Crippen molar-refractivity contribution in [3.63, 3.8) is 0 Å². The molecule has 2 aromatic heterocycles. The molecule has 4 rings (SSSR count). The van der Waals surface area contributed by atoms with Crippen LogP contribution in [0.2, 0.25) is 0 Å². The van der Waals surface area contributed by atoms with E-state index in [-0.39, 0.29) is 0 Å². The van der Waals surface area contributed by atoms with Gasteiger partial charge in [-0.15, -0.1) is 0 Å². The summed E-state index contributed by atoms with van der Waals surface area (Å²) in [6.07, 6.45) is 4.10. The smallest absolute Gasteiger partial charge is 0.415 e. The van der Waals surface area contributed by atoms with Gasteiger partial charge in [-0.2, -0.15) is 13.2 Å². The zero-order chi connectivity index (χ0) is 31.1. The van der Waals surface area contributed by atoms with Crippen molar-refractivity contribution in [2.24, 2.45) is 0 Å². The monoisotopic (exact) mass is 585 g/mol. The highest BCUT2D eigenvalue weighted by Gasteiger charge is 2.37. The van der Waals surface area contributed by atoms with Crippen LogP contribution >= 0.6 is 0 Å². The first-order valence-corrected chi connectivity index (χ1v) is 14.3. The molecular formula is C36H38F3N3O. The Morgan fingerprint density at radius 1 is 0.860 bits per heavy atom. The topological polar surface area (TPSA) is 47.0 Å². The van der Waals surface area contributed by atoms with E-state index in [4.69, 9.17) is 9.72 Å². The van der Waals surface area contributed by atoms with Crippen molar-refractivity contribution in [3.05, 3.63) is 156 Å². The van der Waals surface area contributed by atoms with E-state index in [1.165, 1.54) is 6.08 Å². The molecule has 2 heterocycles. The Hall–Kier alpha value is -4.49. The van der Waals surface area contributed by atoms with Gasteiger partial charge in [0.05, 0.1) is 11.2 Å². The van der Waals surface area contributed by atoms with Crippen LogP contribution in [0.15, 0.2) is 139 Å². The van der Waals surface area contributed by atoms with E-state index in [1.807, 2.05) is 112 Å². The molecule has 1 unspecified atom stereocenters. The van der Waals surface area contributed by atoms with Gasteiger partial charge in [-0.3, -0.25) is 10.3 Å². The number of hydrogen-bond donors (Lipinski definition) is 1. The van der Waals surface area contributed by atoms with Gasteiger partial charge in [0.1, 0.15) is 5.75 Å². The minimum Gasteiger partial charge on any atom is -0.439 e. The molecule has 0 aliphatic heterocycles. The van der Waals surface area contributed by atoms with Crippen molar-refractivity contribution in [1.29, 1.82) is 0 Å². The first-order chi connectivity index (χ1) is 20.8. The highest BCUT2D eigenvalue weighted by Crippen LogP contribution is 2.36. The number of pyridine rings is 2. The largest absolute Gasteiger partial charge is 0.439 e. The lowest BCUT2D eigenvalue weighted by atomic mass is 9.78.